The molecule has 1 amide bonds. The second kappa shape index (κ2) is 9.33. The standard InChI is InChI=1S/C20H24ClNO3/c1-4-16-7-5-6-8-19(16)25-15(3)20(23)22-11-12-24-17-10-9-14(2)18(21)13-17/h5-10,13,15H,4,11-12H2,1-3H3,(H,22,23). The smallest absolute Gasteiger partial charge is 0.260 e. The molecule has 25 heavy (non-hydrogen) atoms. The van der Waals surface area contributed by atoms with Gasteiger partial charge in [-0.3, -0.25) is 4.79 Å². The van der Waals surface area contributed by atoms with E-state index in [4.69, 9.17) is 21.1 Å². The van der Waals surface area contributed by atoms with Crippen LogP contribution in [0.1, 0.15) is 25.0 Å². The Labute approximate surface area is 154 Å². The molecule has 134 valence electrons. The third kappa shape index (κ3) is 5.68. The van der Waals surface area contributed by atoms with Crippen molar-refractivity contribution in [2.45, 2.75) is 33.3 Å². The number of carbonyl (C=O) groups excluding carboxylic acids is 1. The highest BCUT2D eigenvalue weighted by atomic mass is 35.5. The Kier molecular flexibility index (Phi) is 7.14. The molecule has 5 heteroatoms. The molecule has 0 saturated carbocycles. The van der Waals surface area contributed by atoms with Gasteiger partial charge in [0, 0.05) is 5.02 Å². The van der Waals surface area contributed by atoms with Crippen LogP contribution >= 0.6 is 11.6 Å². The van der Waals surface area contributed by atoms with Crippen molar-refractivity contribution in [3.63, 3.8) is 0 Å². The first-order chi connectivity index (χ1) is 12.0. The van der Waals surface area contributed by atoms with E-state index >= 15 is 0 Å². The lowest BCUT2D eigenvalue weighted by Crippen LogP contribution is -2.38. The molecule has 0 fully saturated rings. The molecular formula is C20H24ClNO3. The fraction of sp³-hybridized carbons (Fsp3) is 0.350. The number of hydrogen-bond acceptors (Lipinski definition) is 3. The molecule has 2 rings (SSSR count). The number of amides is 1. The fourth-order valence-corrected chi connectivity index (χ4v) is 2.48. The maximum absolute atomic E-state index is 12.1. The van der Waals surface area contributed by atoms with E-state index in [0.29, 0.717) is 23.9 Å². The predicted octanol–water partition coefficient (Wildman–Crippen LogP) is 4.17. The summed E-state index contributed by atoms with van der Waals surface area (Å²) in [5.74, 6) is 1.26. The van der Waals surface area contributed by atoms with Crippen molar-refractivity contribution >= 4 is 17.5 Å². The first kappa shape index (κ1) is 19.1. The van der Waals surface area contributed by atoms with E-state index in [1.165, 1.54) is 0 Å². The van der Waals surface area contributed by atoms with E-state index < -0.39 is 6.10 Å². The van der Waals surface area contributed by atoms with Crippen LogP contribution in [0.4, 0.5) is 0 Å². The molecule has 2 aromatic carbocycles. The molecule has 1 N–H and O–H groups in total. The third-order valence-electron chi connectivity index (χ3n) is 3.84. The summed E-state index contributed by atoms with van der Waals surface area (Å²) in [6.07, 6.45) is 0.291. The van der Waals surface area contributed by atoms with Crippen molar-refractivity contribution in [1.29, 1.82) is 0 Å². The molecule has 0 aliphatic rings. The van der Waals surface area contributed by atoms with Gasteiger partial charge in [0.2, 0.25) is 0 Å². The number of hydrogen-bond donors (Lipinski definition) is 1. The predicted molar refractivity (Wildman–Crippen MR) is 101 cm³/mol. The Morgan fingerprint density at radius 1 is 1.24 bits per heavy atom. The molecule has 0 aliphatic heterocycles. The van der Waals surface area contributed by atoms with E-state index in [0.717, 1.165) is 23.3 Å². The van der Waals surface area contributed by atoms with Crippen molar-refractivity contribution in [2.24, 2.45) is 0 Å². The van der Waals surface area contributed by atoms with Gasteiger partial charge in [0.1, 0.15) is 18.1 Å². The number of carbonyl (C=O) groups is 1. The van der Waals surface area contributed by atoms with E-state index in [1.807, 2.05) is 43.3 Å². The summed E-state index contributed by atoms with van der Waals surface area (Å²) in [6, 6.07) is 13.3. The number of para-hydroxylation sites is 1. The Balaban J connectivity index is 1.76. The molecular weight excluding hydrogens is 338 g/mol. The van der Waals surface area contributed by atoms with Crippen LogP contribution in [-0.4, -0.2) is 25.2 Å². The van der Waals surface area contributed by atoms with Gasteiger partial charge < -0.3 is 14.8 Å². The molecule has 0 bridgehead atoms. The van der Waals surface area contributed by atoms with Gasteiger partial charge in [-0.05, 0) is 49.6 Å². The van der Waals surface area contributed by atoms with E-state index in [2.05, 4.69) is 12.2 Å². The maximum atomic E-state index is 12.1. The van der Waals surface area contributed by atoms with Crippen molar-refractivity contribution in [3.05, 3.63) is 58.6 Å². The SMILES string of the molecule is CCc1ccccc1OC(C)C(=O)NCCOc1ccc(C)c(Cl)c1. The van der Waals surface area contributed by atoms with E-state index in [9.17, 15) is 4.79 Å². The van der Waals surface area contributed by atoms with Crippen LogP contribution in [0.2, 0.25) is 5.02 Å². The molecule has 4 nitrogen and oxygen atoms in total. The Hall–Kier alpha value is -2.20. The average Bonchev–Trinajstić information content (AvgIpc) is 2.61. The highest BCUT2D eigenvalue weighted by Crippen LogP contribution is 2.21. The average molecular weight is 362 g/mol. The summed E-state index contributed by atoms with van der Waals surface area (Å²) in [7, 11) is 0. The zero-order chi connectivity index (χ0) is 18.2. The van der Waals surface area contributed by atoms with Gasteiger partial charge in [0.25, 0.3) is 5.91 Å². The van der Waals surface area contributed by atoms with E-state index in [-0.39, 0.29) is 5.91 Å². The second-order valence-electron chi connectivity index (χ2n) is 5.77. The number of aryl methyl sites for hydroxylation is 2. The Morgan fingerprint density at radius 3 is 2.72 bits per heavy atom. The Morgan fingerprint density at radius 2 is 2.00 bits per heavy atom. The first-order valence-corrected chi connectivity index (χ1v) is 8.80. The highest BCUT2D eigenvalue weighted by Gasteiger charge is 2.15. The normalized spacial score (nSPS) is 11.7. The summed E-state index contributed by atoms with van der Waals surface area (Å²) in [4.78, 5) is 12.1. The lowest BCUT2D eigenvalue weighted by atomic mass is 10.1. The summed E-state index contributed by atoms with van der Waals surface area (Å²) in [6.45, 7) is 6.49. The minimum absolute atomic E-state index is 0.170. The maximum Gasteiger partial charge on any atom is 0.260 e. The summed E-state index contributed by atoms with van der Waals surface area (Å²) in [5, 5.41) is 3.48. The number of benzene rings is 2. The molecule has 0 spiro atoms. The summed E-state index contributed by atoms with van der Waals surface area (Å²) in [5.41, 5.74) is 2.09. The molecule has 0 aliphatic carbocycles. The van der Waals surface area contributed by atoms with Crippen LogP contribution in [0.25, 0.3) is 0 Å². The van der Waals surface area contributed by atoms with E-state index in [1.54, 1.807) is 13.0 Å². The molecule has 0 radical (unpaired) electrons. The van der Waals surface area contributed by atoms with Crippen molar-refractivity contribution in [3.8, 4) is 11.5 Å². The molecule has 2 aromatic rings. The molecule has 0 saturated heterocycles. The molecule has 1 unspecified atom stereocenters. The molecule has 0 aromatic heterocycles. The van der Waals surface area contributed by atoms with Gasteiger partial charge >= 0.3 is 0 Å². The van der Waals surface area contributed by atoms with Crippen LogP contribution in [0.3, 0.4) is 0 Å². The lowest BCUT2D eigenvalue weighted by molar-refractivity contribution is -0.127. The molecule has 1 atom stereocenters. The first-order valence-electron chi connectivity index (χ1n) is 8.42. The topological polar surface area (TPSA) is 47.6 Å². The van der Waals surface area contributed by atoms with Gasteiger partial charge in [-0.25, -0.2) is 0 Å². The lowest BCUT2D eigenvalue weighted by Gasteiger charge is -2.17. The van der Waals surface area contributed by atoms with Gasteiger partial charge in [0.05, 0.1) is 6.54 Å². The van der Waals surface area contributed by atoms with Gasteiger partial charge in [-0.2, -0.15) is 0 Å². The van der Waals surface area contributed by atoms with Crippen LogP contribution < -0.4 is 14.8 Å². The zero-order valence-corrected chi connectivity index (χ0v) is 15.6. The van der Waals surface area contributed by atoms with Gasteiger partial charge in [0.15, 0.2) is 6.10 Å². The minimum Gasteiger partial charge on any atom is -0.492 e. The second-order valence-corrected chi connectivity index (χ2v) is 6.18. The zero-order valence-electron chi connectivity index (χ0n) is 14.8. The fourth-order valence-electron chi connectivity index (χ4n) is 2.31. The van der Waals surface area contributed by atoms with Crippen molar-refractivity contribution in [2.75, 3.05) is 13.2 Å². The van der Waals surface area contributed by atoms with Gasteiger partial charge in [-0.1, -0.05) is 42.8 Å². The largest absolute Gasteiger partial charge is 0.492 e. The van der Waals surface area contributed by atoms with Crippen LogP contribution in [-0.2, 0) is 11.2 Å². The van der Waals surface area contributed by atoms with Crippen LogP contribution in [0.5, 0.6) is 11.5 Å². The van der Waals surface area contributed by atoms with Crippen molar-refractivity contribution in [1.82, 2.24) is 5.32 Å². The third-order valence-corrected chi connectivity index (χ3v) is 4.25. The van der Waals surface area contributed by atoms with Gasteiger partial charge in [-0.15, -0.1) is 0 Å². The minimum atomic E-state index is -0.568. The monoisotopic (exact) mass is 361 g/mol. The number of ether oxygens (including phenoxy) is 2. The highest BCUT2D eigenvalue weighted by molar-refractivity contribution is 6.31. The quantitative estimate of drug-likeness (QED) is 0.718. The van der Waals surface area contributed by atoms with Crippen LogP contribution in [0.15, 0.2) is 42.5 Å². The number of halogens is 1. The van der Waals surface area contributed by atoms with Crippen molar-refractivity contribution < 1.29 is 14.3 Å². The summed E-state index contributed by atoms with van der Waals surface area (Å²) >= 11 is 6.05. The Bertz CT molecular complexity index is 718. The van der Waals surface area contributed by atoms with Crippen LogP contribution in [0, 0.1) is 6.92 Å². The molecule has 0 heterocycles. The number of nitrogens with one attached hydrogen (secondary N) is 1. The number of rotatable bonds is 8. The summed E-state index contributed by atoms with van der Waals surface area (Å²) < 4.78 is 11.4.